The molecular formula is C17H21N3O2S. The number of piperidine rings is 1. The van der Waals surface area contributed by atoms with Gasteiger partial charge in [0.25, 0.3) is 5.91 Å². The van der Waals surface area contributed by atoms with Crippen molar-refractivity contribution in [1.82, 2.24) is 15.6 Å². The lowest BCUT2D eigenvalue weighted by molar-refractivity contribution is 0.0946. The molecule has 1 aromatic heterocycles. The summed E-state index contributed by atoms with van der Waals surface area (Å²) in [7, 11) is 1.63. The van der Waals surface area contributed by atoms with Crippen molar-refractivity contribution in [2.75, 3.05) is 20.2 Å². The fourth-order valence-electron chi connectivity index (χ4n) is 2.76. The third kappa shape index (κ3) is 3.89. The summed E-state index contributed by atoms with van der Waals surface area (Å²) in [6, 6.07) is 7.67. The maximum atomic E-state index is 12.3. The average Bonchev–Trinajstić information content (AvgIpc) is 3.11. The van der Waals surface area contributed by atoms with E-state index in [1.165, 1.54) is 6.42 Å². The van der Waals surface area contributed by atoms with Crippen LogP contribution in [0.2, 0.25) is 0 Å². The van der Waals surface area contributed by atoms with E-state index in [0.717, 1.165) is 35.8 Å². The number of para-hydroxylation sites is 1. The first-order chi connectivity index (χ1) is 11.3. The molecule has 0 saturated carbocycles. The van der Waals surface area contributed by atoms with Crippen molar-refractivity contribution in [3.05, 3.63) is 45.9 Å². The SMILES string of the molecule is COc1ccccc1CNC(=O)c1csc(C2CCCNC2)n1. The molecule has 3 rings (SSSR count). The van der Waals surface area contributed by atoms with E-state index in [1.807, 2.05) is 29.6 Å². The number of aromatic nitrogens is 1. The van der Waals surface area contributed by atoms with Gasteiger partial charge >= 0.3 is 0 Å². The van der Waals surface area contributed by atoms with E-state index < -0.39 is 0 Å². The highest BCUT2D eigenvalue weighted by Crippen LogP contribution is 2.26. The van der Waals surface area contributed by atoms with Gasteiger partial charge in [0, 0.05) is 30.0 Å². The van der Waals surface area contributed by atoms with Gasteiger partial charge in [0.15, 0.2) is 0 Å². The zero-order valence-electron chi connectivity index (χ0n) is 13.2. The highest BCUT2D eigenvalue weighted by atomic mass is 32.1. The smallest absolute Gasteiger partial charge is 0.271 e. The number of thiazole rings is 1. The van der Waals surface area contributed by atoms with Crippen LogP contribution in [0.1, 0.15) is 39.8 Å². The monoisotopic (exact) mass is 331 g/mol. The molecule has 1 fully saturated rings. The number of hydrogen-bond acceptors (Lipinski definition) is 5. The summed E-state index contributed by atoms with van der Waals surface area (Å²) in [5.74, 6) is 1.08. The molecule has 2 aromatic rings. The Labute approximate surface area is 140 Å². The summed E-state index contributed by atoms with van der Waals surface area (Å²) in [4.78, 5) is 16.8. The van der Waals surface area contributed by atoms with Crippen LogP contribution < -0.4 is 15.4 Å². The average molecular weight is 331 g/mol. The normalized spacial score (nSPS) is 17.7. The lowest BCUT2D eigenvalue weighted by Gasteiger charge is -2.20. The number of rotatable bonds is 5. The quantitative estimate of drug-likeness (QED) is 0.884. The first-order valence-corrected chi connectivity index (χ1v) is 8.72. The first-order valence-electron chi connectivity index (χ1n) is 7.84. The van der Waals surface area contributed by atoms with Crippen LogP contribution in [0.3, 0.4) is 0 Å². The van der Waals surface area contributed by atoms with E-state index in [2.05, 4.69) is 15.6 Å². The maximum Gasteiger partial charge on any atom is 0.271 e. The van der Waals surface area contributed by atoms with Crippen molar-refractivity contribution in [3.8, 4) is 5.75 Å². The third-order valence-corrected chi connectivity index (χ3v) is 5.04. The van der Waals surface area contributed by atoms with E-state index in [1.54, 1.807) is 18.4 Å². The zero-order valence-corrected chi connectivity index (χ0v) is 14.0. The van der Waals surface area contributed by atoms with Crippen molar-refractivity contribution < 1.29 is 9.53 Å². The summed E-state index contributed by atoms with van der Waals surface area (Å²) < 4.78 is 5.29. The summed E-state index contributed by atoms with van der Waals surface area (Å²) in [6.07, 6.45) is 2.31. The number of methoxy groups -OCH3 is 1. The molecule has 23 heavy (non-hydrogen) atoms. The summed E-state index contributed by atoms with van der Waals surface area (Å²) in [5.41, 5.74) is 1.46. The number of nitrogens with zero attached hydrogens (tertiary/aromatic N) is 1. The van der Waals surface area contributed by atoms with Gasteiger partial charge in [0.2, 0.25) is 0 Å². The van der Waals surface area contributed by atoms with Gasteiger partial charge in [-0.15, -0.1) is 11.3 Å². The molecule has 1 aromatic carbocycles. The summed E-state index contributed by atoms with van der Waals surface area (Å²) >= 11 is 1.58. The molecule has 122 valence electrons. The molecule has 2 N–H and O–H groups in total. The minimum atomic E-state index is -0.137. The van der Waals surface area contributed by atoms with Crippen LogP contribution >= 0.6 is 11.3 Å². The Morgan fingerprint density at radius 1 is 1.48 bits per heavy atom. The van der Waals surface area contributed by atoms with Crippen LogP contribution in [-0.2, 0) is 6.54 Å². The number of carbonyl (C=O) groups is 1. The Hall–Kier alpha value is -1.92. The maximum absolute atomic E-state index is 12.3. The predicted molar refractivity (Wildman–Crippen MR) is 91.1 cm³/mol. The minimum Gasteiger partial charge on any atom is -0.496 e. The third-order valence-electron chi connectivity index (χ3n) is 4.03. The van der Waals surface area contributed by atoms with Gasteiger partial charge in [-0.25, -0.2) is 4.98 Å². The second kappa shape index (κ2) is 7.57. The van der Waals surface area contributed by atoms with Crippen LogP contribution in [0.25, 0.3) is 0 Å². The lowest BCUT2D eigenvalue weighted by atomic mass is 10.0. The van der Waals surface area contributed by atoms with E-state index in [0.29, 0.717) is 18.2 Å². The first kappa shape index (κ1) is 16.0. The Kier molecular flexibility index (Phi) is 5.25. The highest BCUT2D eigenvalue weighted by molar-refractivity contribution is 7.09. The lowest BCUT2D eigenvalue weighted by Crippen LogP contribution is -2.28. The molecule has 1 aliphatic heterocycles. The van der Waals surface area contributed by atoms with E-state index in [4.69, 9.17) is 4.74 Å². The van der Waals surface area contributed by atoms with Crippen molar-refractivity contribution in [2.24, 2.45) is 0 Å². The Morgan fingerprint density at radius 3 is 3.13 bits per heavy atom. The number of benzene rings is 1. The van der Waals surface area contributed by atoms with Crippen LogP contribution in [0.4, 0.5) is 0 Å². The second-order valence-electron chi connectivity index (χ2n) is 5.61. The number of amides is 1. The van der Waals surface area contributed by atoms with Gasteiger partial charge in [-0.2, -0.15) is 0 Å². The van der Waals surface area contributed by atoms with Gasteiger partial charge in [-0.3, -0.25) is 4.79 Å². The summed E-state index contributed by atoms with van der Waals surface area (Å²) in [6.45, 7) is 2.46. The fraction of sp³-hybridized carbons (Fsp3) is 0.412. The summed E-state index contributed by atoms with van der Waals surface area (Å²) in [5, 5.41) is 9.20. The molecule has 1 saturated heterocycles. The molecule has 1 atom stereocenters. The molecule has 2 heterocycles. The van der Waals surface area contributed by atoms with Crippen LogP contribution in [-0.4, -0.2) is 31.1 Å². The van der Waals surface area contributed by atoms with Crippen molar-refractivity contribution in [3.63, 3.8) is 0 Å². The van der Waals surface area contributed by atoms with Crippen LogP contribution in [0.5, 0.6) is 5.75 Å². The van der Waals surface area contributed by atoms with Crippen molar-refractivity contribution in [1.29, 1.82) is 0 Å². The molecule has 0 radical (unpaired) electrons. The number of hydrogen-bond donors (Lipinski definition) is 2. The topological polar surface area (TPSA) is 63.2 Å². The second-order valence-corrected chi connectivity index (χ2v) is 6.50. The Bertz CT molecular complexity index is 665. The van der Waals surface area contributed by atoms with Crippen LogP contribution in [0, 0.1) is 0 Å². The van der Waals surface area contributed by atoms with E-state index >= 15 is 0 Å². The molecule has 1 amide bonds. The van der Waals surface area contributed by atoms with Gasteiger partial charge in [0.05, 0.1) is 12.1 Å². The number of nitrogens with one attached hydrogen (secondary N) is 2. The van der Waals surface area contributed by atoms with Gasteiger partial charge in [-0.05, 0) is 25.5 Å². The zero-order chi connectivity index (χ0) is 16.1. The molecule has 1 unspecified atom stereocenters. The van der Waals surface area contributed by atoms with Crippen molar-refractivity contribution >= 4 is 17.2 Å². The van der Waals surface area contributed by atoms with Crippen LogP contribution in [0.15, 0.2) is 29.6 Å². The molecular weight excluding hydrogens is 310 g/mol. The van der Waals surface area contributed by atoms with Crippen molar-refractivity contribution in [2.45, 2.75) is 25.3 Å². The standard InChI is InChI=1S/C17H21N3O2S/c1-22-15-7-3-2-5-12(15)10-19-16(21)14-11-23-17(20-14)13-6-4-8-18-9-13/h2-3,5,7,11,13,18H,4,6,8-10H2,1H3,(H,19,21). The van der Waals surface area contributed by atoms with E-state index in [9.17, 15) is 4.79 Å². The molecule has 1 aliphatic rings. The fourth-order valence-corrected chi connectivity index (χ4v) is 3.69. The van der Waals surface area contributed by atoms with Gasteiger partial charge in [0.1, 0.15) is 11.4 Å². The molecule has 0 bridgehead atoms. The number of carbonyl (C=O) groups excluding carboxylic acids is 1. The molecule has 6 heteroatoms. The highest BCUT2D eigenvalue weighted by Gasteiger charge is 2.20. The molecule has 0 spiro atoms. The Morgan fingerprint density at radius 2 is 2.35 bits per heavy atom. The largest absolute Gasteiger partial charge is 0.496 e. The molecule has 5 nitrogen and oxygen atoms in total. The van der Waals surface area contributed by atoms with E-state index in [-0.39, 0.29) is 5.91 Å². The number of ether oxygens (including phenoxy) is 1. The minimum absolute atomic E-state index is 0.137. The predicted octanol–water partition coefficient (Wildman–Crippen LogP) is 2.55. The van der Waals surface area contributed by atoms with Gasteiger partial charge in [-0.1, -0.05) is 18.2 Å². The van der Waals surface area contributed by atoms with Gasteiger partial charge < -0.3 is 15.4 Å². The molecule has 0 aliphatic carbocycles. The Balaban J connectivity index is 1.61.